The summed E-state index contributed by atoms with van der Waals surface area (Å²) in [7, 11) is 0. The molecule has 0 aliphatic heterocycles. The highest BCUT2D eigenvalue weighted by Crippen LogP contribution is 2.21. The highest BCUT2D eigenvalue weighted by molar-refractivity contribution is 5.86. The Morgan fingerprint density at radius 1 is 1.35 bits per heavy atom. The van der Waals surface area contributed by atoms with Gasteiger partial charge in [-0.1, -0.05) is 18.2 Å². The van der Waals surface area contributed by atoms with Crippen LogP contribution in [0.3, 0.4) is 0 Å². The maximum atomic E-state index is 12.0. The molecule has 2 aromatic rings. The molecule has 4 nitrogen and oxygen atoms in total. The number of para-hydroxylation sites is 1. The first-order valence-corrected chi connectivity index (χ1v) is 7.07. The van der Waals surface area contributed by atoms with Crippen molar-refractivity contribution in [1.29, 1.82) is 0 Å². The summed E-state index contributed by atoms with van der Waals surface area (Å²) in [4.78, 5) is 16.6. The van der Waals surface area contributed by atoms with Crippen molar-refractivity contribution in [3.63, 3.8) is 0 Å². The number of hydrogen-bond acceptors (Lipinski definition) is 3. The van der Waals surface area contributed by atoms with Crippen molar-refractivity contribution >= 4 is 22.6 Å². The van der Waals surface area contributed by atoms with E-state index in [0.29, 0.717) is 6.04 Å². The molecule has 0 radical (unpaired) electrons. The lowest BCUT2D eigenvalue weighted by atomic mass is 10.1. The number of hydrogen-bond donors (Lipinski definition) is 2. The van der Waals surface area contributed by atoms with E-state index in [1.165, 1.54) is 0 Å². The van der Waals surface area contributed by atoms with Crippen molar-refractivity contribution in [2.75, 3.05) is 5.32 Å². The van der Waals surface area contributed by atoms with E-state index in [1.807, 2.05) is 38.1 Å². The van der Waals surface area contributed by atoms with Gasteiger partial charge in [0, 0.05) is 11.4 Å². The first kappa shape index (κ1) is 12.9. The van der Waals surface area contributed by atoms with Crippen LogP contribution in [0, 0.1) is 6.92 Å². The maximum absolute atomic E-state index is 12.0. The van der Waals surface area contributed by atoms with Crippen LogP contribution in [0.1, 0.15) is 25.3 Å². The van der Waals surface area contributed by atoms with Gasteiger partial charge in [0.1, 0.15) is 11.9 Å². The van der Waals surface area contributed by atoms with Gasteiger partial charge in [0.05, 0.1) is 5.52 Å². The second-order valence-electron chi connectivity index (χ2n) is 5.50. The van der Waals surface area contributed by atoms with Crippen LogP contribution < -0.4 is 10.6 Å². The van der Waals surface area contributed by atoms with Gasteiger partial charge in [0.25, 0.3) is 0 Å². The van der Waals surface area contributed by atoms with Gasteiger partial charge in [-0.25, -0.2) is 4.98 Å². The van der Waals surface area contributed by atoms with Crippen LogP contribution in [0.15, 0.2) is 30.3 Å². The molecule has 3 rings (SSSR count). The van der Waals surface area contributed by atoms with Gasteiger partial charge in [0.2, 0.25) is 5.91 Å². The third-order valence-electron chi connectivity index (χ3n) is 3.58. The van der Waals surface area contributed by atoms with Gasteiger partial charge in [0.15, 0.2) is 0 Å². The van der Waals surface area contributed by atoms with Gasteiger partial charge in [-0.2, -0.15) is 0 Å². The number of benzene rings is 1. The quantitative estimate of drug-likeness (QED) is 0.897. The summed E-state index contributed by atoms with van der Waals surface area (Å²) < 4.78 is 0. The third kappa shape index (κ3) is 2.74. The molecule has 1 saturated carbocycles. The summed E-state index contributed by atoms with van der Waals surface area (Å²) in [6.45, 7) is 3.88. The van der Waals surface area contributed by atoms with Crippen LogP contribution in [0.5, 0.6) is 0 Å². The molecule has 1 atom stereocenters. The van der Waals surface area contributed by atoms with Gasteiger partial charge < -0.3 is 10.6 Å². The Kier molecular flexibility index (Phi) is 3.30. The number of aromatic nitrogens is 1. The number of rotatable bonds is 4. The summed E-state index contributed by atoms with van der Waals surface area (Å²) in [6.07, 6.45) is 2.21. The zero-order chi connectivity index (χ0) is 14.1. The summed E-state index contributed by atoms with van der Waals surface area (Å²) in [5, 5.41) is 7.33. The fraction of sp³-hybridized carbons (Fsp3) is 0.375. The normalized spacial score (nSPS) is 15.9. The molecular formula is C16H19N3O. The van der Waals surface area contributed by atoms with Crippen LogP contribution in [-0.4, -0.2) is 23.0 Å². The van der Waals surface area contributed by atoms with Crippen molar-refractivity contribution < 1.29 is 4.79 Å². The molecular weight excluding hydrogens is 250 g/mol. The molecule has 0 spiro atoms. The molecule has 0 saturated heterocycles. The van der Waals surface area contributed by atoms with Crippen LogP contribution in [0.2, 0.25) is 0 Å². The van der Waals surface area contributed by atoms with E-state index in [4.69, 9.17) is 0 Å². The highest BCUT2D eigenvalue weighted by Gasteiger charge is 2.25. The molecule has 20 heavy (non-hydrogen) atoms. The molecule has 1 unspecified atom stereocenters. The second-order valence-corrected chi connectivity index (χ2v) is 5.50. The first-order valence-electron chi connectivity index (χ1n) is 7.07. The van der Waals surface area contributed by atoms with Crippen molar-refractivity contribution in [2.24, 2.45) is 0 Å². The third-order valence-corrected chi connectivity index (χ3v) is 3.58. The molecule has 1 aromatic heterocycles. The zero-order valence-corrected chi connectivity index (χ0v) is 11.8. The van der Waals surface area contributed by atoms with Crippen molar-refractivity contribution in [2.45, 2.75) is 38.8 Å². The lowest BCUT2D eigenvalue weighted by Gasteiger charge is -2.16. The van der Waals surface area contributed by atoms with E-state index in [1.54, 1.807) is 0 Å². The molecule has 1 aliphatic rings. The minimum absolute atomic E-state index is 0.0434. The highest BCUT2D eigenvalue weighted by atomic mass is 16.2. The molecule has 1 aromatic carbocycles. The van der Waals surface area contributed by atoms with Gasteiger partial charge in [-0.3, -0.25) is 4.79 Å². The number of amides is 1. The predicted molar refractivity (Wildman–Crippen MR) is 80.7 cm³/mol. The van der Waals surface area contributed by atoms with E-state index >= 15 is 0 Å². The number of carbonyl (C=O) groups excluding carboxylic acids is 1. The summed E-state index contributed by atoms with van der Waals surface area (Å²) in [6, 6.07) is 10.2. The predicted octanol–water partition coefficient (Wildman–Crippen LogP) is 2.62. The number of carbonyl (C=O) groups is 1. The molecule has 0 bridgehead atoms. The second kappa shape index (κ2) is 5.12. The van der Waals surface area contributed by atoms with Crippen LogP contribution in [0.4, 0.5) is 5.82 Å². The fourth-order valence-electron chi connectivity index (χ4n) is 2.19. The molecule has 1 heterocycles. The van der Waals surface area contributed by atoms with Crippen LogP contribution in [0.25, 0.3) is 10.9 Å². The van der Waals surface area contributed by atoms with Crippen molar-refractivity contribution in [3.8, 4) is 0 Å². The number of fused-ring (bicyclic) bond motifs is 1. The molecule has 4 heteroatoms. The Hall–Kier alpha value is -2.10. The molecule has 1 fully saturated rings. The van der Waals surface area contributed by atoms with E-state index in [9.17, 15) is 4.79 Å². The number of anilines is 1. The average molecular weight is 269 g/mol. The SMILES string of the molecule is Cc1cc2ccccc2nc1NC(C)C(=O)NC1CC1. The van der Waals surface area contributed by atoms with Crippen LogP contribution in [-0.2, 0) is 4.79 Å². The van der Waals surface area contributed by atoms with E-state index in [2.05, 4.69) is 21.7 Å². The summed E-state index contributed by atoms with van der Waals surface area (Å²) in [5.41, 5.74) is 1.99. The van der Waals surface area contributed by atoms with Gasteiger partial charge in [-0.15, -0.1) is 0 Å². The summed E-state index contributed by atoms with van der Waals surface area (Å²) in [5.74, 6) is 0.823. The first-order chi connectivity index (χ1) is 9.63. The topological polar surface area (TPSA) is 54.0 Å². The van der Waals surface area contributed by atoms with Crippen molar-refractivity contribution in [1.82, 2.24) is 10.3 Å². The van der Waals surface area contributed by atoms with E-state index < -0.39 is 0 Å². The van der Waals surface area contributed by atoms with E-state index in [0.717, 1.165) is 35.1 Å². The maximum Gasteiger partial charge on any atom is 0.242 e. The largest absolute Gasteiger partial charge is 0.358 e. The van der Waals surface area contributed by atoms with Crippen molar-refractivity contribution in [3.05, 3.63) is 35.9 Å². The molecule has 104 valence electrons. The van der Waals surface area contributed by atoms with Crippen LogP contribution >= 0.6 is 0 Å². The molecule has 1 aliphatic carbocycles. The smallest absolute Gasteiger partial charge is 0.242 e. The van der Waals surface area contributed by atoms with E-state index in [-0.39, 0.29) is 11.9 Å². The zero-order valence-electron chi connectivity index (χ0n) is 11.8. The monoisotopic (exact) mass is 269 g/mol. The summed E-state index contributed by atoms with van der Waals surface area (Å²) >= 11 is 0. The number of aryl methyl sites for hydroxylation is 1. The Morgan fingerprint density at radius 2 is 2.10 bits per heavy atom. The Labute approximate surface area is 118 Å². The van der Waals surface area contributed by atoms with Gasteiger partial charge >= 0.3 is 0 Å². The lowest BCUT2D eigenvalue weighted by molar-refractivity contribution is -0.121. The Bertz CT molecular complexity index is 649. The number of nitrogens with zero attached hydrogens (tertiary/aromatic N) is 1. The molecule has 1 amide bonds. The Balaban J connectivity index is 1.78. The fourth-order valence-corrected chi connectivity index (χ4v) is 2.19. The lowest BCUT2D eigenvalue weighted by Crippen LogP contribution is -2.39. The average Bonchev–Trinajstić information content (AvgIpc) is 3.23. The Morgan fingerprint density at radius 3 is 2.85 bits per heavy atom. The minimum atomic E-state index is -0.275. The standard InChI is InChI=1S/C16H19N3O/c1-10-9-12-5-3-4-6-14(12)19-15(10)17-11(2)16(20)18-13-7-8-13/h3-6,9,11,13H,7-8H2,1-2H3,(H,17,19)(H,18,20). The van der Waals surface area contributed by atoms with Gasteiger partial charge in [-0.05, 0) is 44.4 Å². The molecule has 2 N–H and O–H groups in total. The number of nitrogens with one attached hydrogen (secondary N) is 2. The minimum Gasteiger partial charge on any atom is -0.358 e. The number of pyridine rings is 1.